The van der Waals surface area contributed by atoms with Crippen LogP contribution >= 0.6 is 0 Å². The van der Waals surface area contributed by atoms with Crippen LogP contribution in [-0.2, 0) is 0 Å². The summed E-state index contributed by atoms with van der Waals surface area (Å²) in [6, 6.07) is 5.79. The summed E-state index contributed by atoms with van der Waals surface area (Å²) >= 11 is 0. The second-order valence-electron chi connectivity index (χ2n) is 3.07. The molecule has 0 saturated carbocycles. The molecule has 1 radical (unpaired) electrons. The van der Waals surface area contributed by atoms with Gasteiger partial charge < -0.3 is 4.74 Å². The van der Waals surface area contributed by atoms with Gasteiger partial charge >= 0.3 is 6.36 Å². The van der Waals surface area contributed by atoms with Crippen molar-refractivity contribution in [3.8, 4) is 5.75 Å². The topological polar surface area (TPSA) is 9.23 Å². The van der Waals surface area contributed by atoms with Gasteiger partial charge in [-0.25, -0.2) is 0 Å². The Morgan fingerprint density at radius 2 is 1.57 bits per heavy atom. The SMILES string of the molecule is C[C](C)c1ccc(OC(F)(F)F)cc1. The Labute approximate surface area is 80.5 Å². The Balaban J connectivity index is 2.74. The molecule has 4 heteroatoms. The van der Waals surface area contributed by atoms with Crippen molar-refractivity contribution < 1.29 is 17.9 Å². The molecule has 0 aliphatic carbocycles. The van der Waals surface area contributed by atoms with Gasteiger partial charge in [0.2, 0.25) is 0 Å². The van der Waals surface area contributed by atoms with Crippen molar-refractivity contribution in [2.45, 2.75) is 20.2 Å². The molecule has 1 aromatic rings. The van der Waals surface area contributed by atoms with Crippen molar-refractivity contribution in [1.82, 2.24) is 0 Å². The van der Waals surface area contributed by atoms with E-state index in [4.69, 9.17) is 0 Å². The van der Waals surface area contributed by atoms with E-state index in [2.05, 4.69) is 4.74 Å². The third-order valence-corrected chi connectivity index (χ3v) is 1.67. The fourth-order valence-corrected chi connectivity index (χ4v) is 0.990. The van der Waals surface area contributed by atoms with Crippen molar-refractivity contribution in [2.75, 3.05) is 0 Å². The maximum Gasteiger partial charge on any atom is 0.573 e. The number of halogens is 3. The molecular weight excluding hydrogens is 193 g/mol. The number of ether oxygens (including phenoxy) is 1. The lowest BCUT2D eigenvalue weighted by Gasteiger charge is -2.10. The zero-order chi connectivity index (χ0) is 10.8. The van der Waals surface area contributed by atoms with Crippen LogP contribution in [0.2, 0.25) is 0 Å². The molecule has 1 rings (SSSR count). The highest BCUT2D eigenvalue weighted by atomic mass is 19.4. The molecule has 0 aromatic heterocycles. The first kappa shape index (κ1) is 10.9. The average molecular weight is 203 g/mol. The van der Waals surface area contributed by atoms with E-state index < -0.39 is 6.36 Å². The fraction of sp³-hybridized carbons (Fsp3) is 0.300. The monoisotopic (exact) mass is 203 g/mol. The summed E-state index contributed by atoms with van der Waals surface area (Å²) in [5, 5.41) is 0. The molecule has 77 valence electrons. The van der Waals surface area contributed by atoms with Gasteiger partial charge in [0.15, 0.2) is 0 Å². The zero-order valence-corrected chi connectivity index (χ0v) is 7.85. The zero-order valence-electron chi connectivity index (χ0n) is 7.85. The Kier molecular flexibility index (Phi) is 3.03. The van der Waals surface area contributed by atoms with Crippen LogP contribution in [0.15, 0.2) is 24.3 Å². The van der Waals surface area contributed by atoms with Gasteiger partial charge in [0.25, 0.3) is 0 Å². The highest BCUT2D eigenvalue weighted by molar-refractivity contribution is 5.34. The van der Waals surface area contributed by atoms with E-state index in [1.165, 1.54) is 12.1 Å². The molecule has 0 fully saturated rings. The van der Waals surface area contributed by atoms with Gasteiger partial charge in [-0.15, -0.1) is 13.2 Å². The summed E-state index contributed by atoms with van der Waals surface area (Å²) in [6.45, 7) is 3.78. The predicted octanol–water partition coefficient (Wildman–Crippen LogP) is 3.55. The first-order valence-electron chi connectivity index (χ1n) is 4.05. The maximum absolute atomic E-state index is 11.8. The highest BCUT2D eigenvalue weighted by Gasteiger charge is 2.30. The average Bonchev–Trinajstić information content (AvgIpc) is 2.02. The lowest BCUT2D eigenvalue weighted by molar-refractivity contribution is -0.274. The van der Waals surface area contributed by atoms with Gasteiger partial charge in [0.05, 0.1) is 0 Å². The second-order valence-corrected chi connectivity index (χ2v) is 3.07. The van der Waals surface area contributed by atoms with Gasteiger partial charge in [0, 0.05) is 0 Å². The summed E-state index contributed by atoms with van der Waals surface area (Å²) in [5.74, 6) is 0.853. The molecule has 0 aliphatic rings. The Hall–Kier alpha value is -1.19. The van der Waals surface area contributed by atoms with Crippen LogP contribution < -0.4 is 4.74 Å². The second kappa shape index (κ2) is 3.90. The maximum atomic E-state index is 11.8. The quantitative estimate of drug-likeness (QED) is 0.714. The molecule has 0 saturated heterocycles. The summed E-state index contributed by atoms with van der Waals surface area (Å²) in [5.41, 5.74) is 0.902. The summed E-state index contributed by atoms with van der Waals surface area (Å²) in [6.07, 6.45) is -4.62. The third-order valence-electron chi connectivity index (χ3n) is 1.67. The lowest BCUT2D eigenvalue weighted by atomic mass is 10.0. The first-order valence-corrected chi connectivity index (χ1v) is 4.05. The van der Waals surface area contributed by atoms with E-state index in [1.54, 1.807) is 12.1 Å². The summed E-state index contributed by atoms with van der Waals surface area (Å²) in [4.78, 5) is 0. The lowest BCUT2D eigenvalue weighted by Crippen LogP contribution is -2.17. The van der Waals surface area contributed by atoms with Crippen LogP contribution in [0, 0.1) is 5.92 Å². The van der Waals surface area contributed by atoms with Crippen LogP contribution in [0.4, 0.5) is 13.2 Å². The van der Waals surface area contributed by atoms with Crippen molar-refractivity contribution in [2.24, 2.45) is 0 Å². The van der Waals surface area contributed by atoms with Crippen molar-refractivity contribution >= 4 is 0 Å². The predicted molar refractivity (Wildman–Crippen MR) is 46.8 cm³/mol. The van der Waals surface area contributed by atoms with Gasteiger partial charge in [-0.05, 0) is 23.6 Å². The minimum atomic E-state index is -4.62. The standard InChI is InChI=1S/C10H10F3O/c1-7(2)8-3-5-9(6-4-8)14-10(11,12)13/h3-6H,1-2H3. The molecule has 0 bridgehead atoms. The molecule has 1 aromatic carbocycles. The molecule has 0 spiro atoms. The third kappa shape index (κ3) is 3.28. The van der Waals surface area contributed by atoms with E-state index >= 15 is 0 Å². The molecule has 0 unspecified atom stereocenters. The Morgan fingerprint density at radius 1 is 1.07 bits per heavy atom. The van der Waals surface area contributed by atoms with Crippen LogP contribution in [0.5, 0.6) is 5.75 Å². The van der Waals surface area contributed by atoms with E-state index in [0.29, 0.717) is 0 Å². The van der Waals surface area contributed by atoms with Crippen molar-refractivity contribution in [1.29, 1.82) is 0 Å². The molecule has 0 aliphatic heterocycles. The van der Waals surface area contributed by atoms with E-state index in [0.717, 1.165) is 11.5 Å². The molecular formula is C10H10F3O. The number of hydrogen-bond donors (Lipinski definition) is 0. The molecule has 0 heterocycles. The normalized spacial score (nSPS) is 11.9. The van der Waals surface area contributed by atoms with Crippen molar-refractivity contribution in [3.05, 3.63) is 35.7 Å². The van der Waals surface area contributed by atoms with Crippen molar-refractivity contribution in [3.63, 3.8) is 0 Å². The molecule has 1 nitrogen and oxygen atoms in total. The van der Waals surface area contributed by atoms with Crippen LogP contribution in [0.25, 0.3) is 0 Å². The minimum absolute atomic E-state index is 0.192. The number of rotatable bonds is 2. The van der Waals surface area contributed by atoms with Gasteiger partial charge in [-0.3, -0.25) is 0 Å². The molecule has 0 N–H and O–H groups in total. The highest BCUT2D eigenvalue weighted by Crippen LogP contribution is 2.24. The largest absolute Gasteiger partial charge is 0.573 e. The van der Waals surface area contributed by atoms with Crippen LogP contribution in [0.3, 0.4) is 0 Å². The number of hydrogen-bond acceptors (Lipinski definition) is 1. The Morgan fingerprint density at radius 3 is 1.93 bits per heavy atom. The van der Waals surface area contributed by atoms with Gasteiger partial charge in [0.1, 0.15) is 5.75 Å². The van der Waals surface area contributed by atoms with E-state index in [9.17, 15) is 13.2 Å². The molecule has 0 atom stereocenters. The molecule has 14 heavy (non-hydrogen) atoms. The van der Waals surface area contributed by atoms with Crippen LogP contribution in [-0.4, -0.2) is 6.36 Å². The fourth-order valence-electron chi connectivity index (χ4n) is 0.990. The molecule has 0 amide bonds. The Bertz CT molecular complexity index is 287. The van der Waals surface area contributed by atoms with E-state index in [1.807, 2.05) is 13.8 Å². The summed E-state index contributed by atoms with van der Waals surface area (Å²) < 4.78 is 39.0. The van der Waals surface area contributed by atoms with Crippen LogP contribution in [0.1, 0.15) is 19.4 Å². The minimum Gasteiger partial charge on any atom is -0.406 e. The van der Waals surface area contributed by atoms with Gasteiger partial charge in [-0.1, -0.05) is 26.0 Å². The number of benzene rings is 1. The van der Waals surface area contributed by atoms with E-state index in [-0.39, 0.29) is 5.75 Å². The summed E-state index contributed by atoms with van der Waals surface area (Å²) in [7, 11) is 0. The number of alkyl halides is 3. The first-order chi connectivity index (χ1) is 6.38. The smallest absolute Gasteiger partial charge is 0.406 e. The van der Waals surface area contributed by atoms with Gasteiger partial charge in [-0.2, -0.15) is 0 Å².